The van der Waals surface area contributed by atoms with Crippen LogP contribution in [0.5, 0.6) is 5.75 Å². The van der Waals surface area contributed by atoms with Crippen LogP contribution in [0.25, 0.3) is 0 Å². The molecule has 2 aliphatic rings. The van der Waals surface area contributed by atoms with E-state index in [1.54, 1.807) is 48.5 Å². The number of aromatic nitrogens is 1. The summed E-state index contributed by atoms with van der Waals surface area (Å²) < 4.78 is 28.6. The molecule has 0 spiro atoms. The minimum atomic E-state index is -3.86. The predicted molar refractivity (Wildman–Crippen MR) is 162 cm³/mol. The first-order valence-electron chi connectivity index (χ1n) is 12.7. The highest BCUT2D eigenvalue weighted by molar-refractivity contribution is 8.00. The van der Waals surface area contributed by atoms with Gasteiger partial charge in [0.15, 0.2) is 6.61 Å². The maximum Gasteiger partial charge on any atom is 0.305 e. The number of H-pyrrole nitrogens is 1. The number of amides is 3. The number of halogens is 1. The molecule has 0 saturated carbocycles. The van der Waals surface area contributed by atoms with E-state index in [0.717, 1.165) is 11.3 Å². The first-order valence-corrected chi connectivity index (χ1v) is 16.3. The molecule has 0 bridgehead atoms. The first-order chi connectivity index (χ1) is 20.5. The zero-order valence-electron chi connectivity index (χ0n) is 21.9. The number of hydrogen-bond acceptors (Lipinski definition) is 9. The lowest BCUT2D eigenvalue weighted by Crippen LogP contribution is -2.32. The number of imide groups is 1. The molecule has 1 aromatic heterocycles. The molecule has 0 radical (unpaired) electrons. The lowest BCUT2D eigenvalue weighted by Gasteiger charge is -2.30. The third kappa shape index (κ3) is 5.71. The zero-order chi connectivity index (χ0) is 30.5. The summed E-state index contributed by atoms with van der Waals surface area (Å²) in [7, 11) is -3.86. The molecule has 2 aliphatic heterocycles. The molecule has 1 fully saturated rings. The van der Waals surface area contributed by atoms with Crippen LogP contribution in [-0.2, 0) is 24.4 Å². The summed E-state index contributed by atoms with van der Waals surface area (Å²) in [5, 5.41) is 7.96. The van der Waals surface area contributed by atoms with E-state index in [4.69, 9.17) is 21.5 Å². The van der Waals surface area contributed by atoms with E-state index < -0.39 is 33.0 Å². The Balaban J connectivity index is 1.24. The quantitative estimate of drug-likeness (QED) is 0.254. The molecule has 3 heterocycles. The van der Waals surface area contributed by atoms with E-state index in [0.29, 0.717) is 37.6 Å². The van der Waals surface area contributed by atoms with Gasteiger partial charge in [0.2, 0.25) is 21.8 Å². The van der Waals surface area contributed by atoms with Gasteiger partial charge in [0.05, 0.1) is 21.5 Å². The monoisotopic (exact) mass is 656 g/mol. The number of fused-ring (bicyclic) bond motifs is 2. The number of aromatic amines is 1. The molecule has 1 saturated heterocycles. The van der Waals surface area contributed by atoms with Crippen LogP contribution in [0.15, 0.2) is 87.5 Å². The van der Waals surface area contributed by atoms with Crippen LogP contribution in [0.2, 0.25) is 5.02 Å². The fraction of sp³-hybridized carbons (Fsp3) is 0.143. The number of hydrogen-bond donors (Lipinski definition) is 3. The Labute approximate surface area is 258 Å². The molecule has 4 N–H and O–H groups in total. The molecular weight excluding hydrogens is 636 g/mol. The Hall–Kier alpha value is -3.95. The maximum atomic E-state index is 13.8. The second-order valence-electron chi connectivity index (χ2n) is 9.72. The average molecular weight is 657 g/mol. The molecule has 4 aromatic rings. The number of primary sulfonamides is 1. The van der Waals surface area contributed by atoms with E-state index in [-0.39, 0.29) is 28.2 Å². The van der Waals surface area contributed by atoms with Crippen LogP contribution in [-0.4, -0.2) is 43.0 Å². The number of sulfonamides is 1. The summed E-state index contributed by atoms with van der Waals surface area (Å²) in [6.07, 6.45) is 0. The van der Waals surface area contributed by atoms with Crippen LogP contribution < -0.4 is 25.0 Å². The fourth-order valence-corrected chi connectivity index (χ4v) is 8.25. The maximum absolute atomic E-state index is 13.8. The van der Waals surface area contributed by atoms with E-state index >= 15 is 0 Å². The van der Waals surface area contributed by atoms with Gasteiger partial charge in [-0.25, -0.2) is 18.5 Å². The van der Waals surface area contributed by atoms with E-state index in [2.05, 4.69) is 10.3 Å². The summed E-state index contributed by atoms with van der Waals surface area (Å²) in [6.45, 7) is -0.364. The predicted octanol–water partition coefficient (Wildman–Crippen LogP) is 3.55. The average Bonchev–Trinajstić information content (AvgIpc) is 3.46. The van der Waals surface area contributed by atoms with Crippen molar-refractivity contribution in [1.29, 1.82) is 0 Å². The molecule has 2 unspecified atom stereocenters. The zero-order valence-corrected chi connectivity index (χ0v) is 25.1. The minimum absolute atomic E-state index is 0.0868. The Morgan fingerprint density at radius 3 is 2.44 bits per heavy atom. The van der Waals surface area contributed by atoms with Crippen molar-refractivity contribution in [2.75, 3.05) is 16.8 Å². The topological polar surface area (TPSA) is 169 Å². The number of nitrogens with one attached hydrogen (secondary N) is 2. The van der Waals surface area contributed by atoms with Gasteiger partial charge >= 0.3 is 4.87 Å². The summed E-state index contributed by atoms with van der Waals surface area (Å²) in [4.78, 5) is 56.5. The van der Waals surface area contributed by atoms with Crippen molar-refractivity contribution >= 4 is 73.8 Å². The van der Waals surface area contributed by atoms with Crippen LogP contribution >= 0.6 is 34.7 Å². The Morgan fingerprint density at radius 1 is 1.02 bits per heavy atom. The fourth-order valence-electron chi connectivity index (χ4n) is 5.09. The van der Waals surface area contributed by atoms with E-state index in [1.807, 2.05) is 0 Å². The van der Waals surface area contributed by atoms with Gasteiger partial charge in [0.25, 0.3) is 5.91 Å². The molecule has 11 nitrogen and oxygen atoms in total. The normalized spacial score (nSPS) is 19.6. The summed E-state index contributed by atoms with van der Waals surface area (Å²) in [6, 6.07) is 18.6. The molecule has 43 heavy (non-hydrogen) atoms. The highest BCUT2D eigenvalue weighted by atomic mass is 35.5. The largest absolute Gasteiger partial charge is 0.484 e. The SMILES string of the molecule is NS(=O)(=O)c1ccc(NC(=O)COc2cccc([C@H]3c4sc(=O)[nH]c4SC4C(=O)N(c5ccc(Cl)cc5)C(=O)C43)c2)cc1. The first kappa shape index (κ1) is 29.1. The van der Waals surface area contributed by atoms with Crippen molar-refractivity contribution in [3.05, 3.63) is 97.9 Å². The second kappa shape index (κ2) is 11.3. The van der Waals surface area contributed by atoms with Gasteiger partial charge in [0, 0.05) is 21.5 Å². The highest BCUT2D eigenvalue weighted by Crippen LogP contribution is 2.53. The Kier molecular flexibility index (Phi) is 7.64. The van der Waals surface area contributed by atoms with Crippen LogP contribution in [0.3, 0.4) is 0 Å². The van der Waals surface area contributed by atoms with Gasteiger partial charge in [-0.1, -0.05) is 46.8 Å². The van der Waals surface area contributed by atoms with Crippen molar-refractivity contribution in [1.82, 2.24) is 4.98 Å². The molecule has 6 rings (SSSR count). The van der Waals surface area contributed by atoms with Crippen molar-refractivity contribution in [2.24, 2.45) is 11.1 Å². The summed E-state index contributed by atoms with van der Waals surface area (Å²) in [5.41, 5.74) is 1.40. The summed E-state index contributed by atoms with van der Waals surface area (Å²) in [5.74, 6) is -2.33. The smallest absolute Gasteiger partial charge is 0.305 e. The number of nitrogens with two attached hydrogens (primary N) is 1. The Bertz CT molecular complexity index is 1920. The van der Waals surface area contributed by atoms with E-state index in [9.17, 15) is 27.6 Å². The minimum Gasteiger partial charge on any atom is -0.484 e. The number of rotatable bonds is 7. The number of thiazole rings is 1. The van der Waals surface area contributed by atoms with Gasteiger partial charge in [-0.3, -0.25) is 19.2 Å². The molecule has 15 heteroatoms. The van der Waals surface area contributed by atoms with Crippen molar-refractivity contribution < 1.29 is 27.5 Å². The lowest BCUT2D eigenvalue weighted by molar-refractivity contribution is -0.122. The highest BCUT2D eigenvalue weighted by Gasteiger charge is 2.56. The number of nitrogens with zero attached hydrogens (tertiary/aromatic N) is 1. The number of carbonyl (C=O) groups is 3. The van der Waals surface area contributed by atoms with Crippen molar-refractivity contribution in [3.63, 3.8) is 0 Å². The summed E-state index contributed by atoms with van der Waals surface area (Å²) >= 11 is 8.18. The Morgan fingerprint density at radius 2 is 1.74 bits per heavy atom. The van der Waals surface area contributed by atoms with E-state index in [1.165, 1.54) is 40.9 Å². The number of benzene rings is 3. The van der Waals surface area contributed by atoms with Gasteiger partial charge in [-0.2, -0.15) is 0 Å². The van der Waals surface area contributed by atoms with Crippen LogP contribution in [0.4, 0.5) is 11.4 Å². The number of thioether (sulfide) groups is 1. The standard InChI is InChI=1S/C28H21ClN4O7S3/c29-15-4-8-17(9-5-15)33-26(35)22-21(23-25(32-28(37)42-23)41-24(22)27(33)36)14-2-1-3-18(12-14)40-13-20(34)31-16-6-10-19(11-7-16)43(30,38)39/h1-12,21-22,24H,13H2,(H,31,34)(H,32,37)(H2,30,38,39)/t21-,22?,24?/m1/s1. The van der Waals surface area contributed by atoms with Gasteiger partial charge in [-0.05, 0) is 66.2 Å². The molecule has 220 valence electrons. The molecule has 3 aromatic carbocycles. The van der Waals surface area contributed by atoms with Crippen molar-refractivity contribution in [3.8, 4) is 5.75 Å². The van der Waals surface area contributed by atoms with Gasteiger partial charge < -0.3 is 15.0 Å². The third-order valence-electron chi connectivity index (χ3n) is 6.96. The molecule has 3 amide bonds. The molecule has 0 aliphatic carbocycles. The van der Waals surface area contributed by atoms with Gasteiger partial charge in [-0.15, -0.1) is 0 Å². The number of anilines is 2. The van der Waals surface area contributed by atoms with Crippen LogP contribution in [0.1, 0.15) is 16.4 Å². The second-order valence-corrected chi connectivity index (χ2v) is 13.9. The molecular formula is C28H21ClN4O7S3. The van der Waals surface area contributed by atoms with Crippen LogP contribution in [0, 0.1) is 5.92 Å². The molecule has 3 atom stereocenters. The van der Waals surface area contributed by atoms with Crippen molar-refractivity contribution in [2.45, 2.75) is 21.1 Å². The lowest BCUT2D eigenvalue weighted by atomic mass is 9.83. The number of carbonyl (C=O) groups excluding carboxylic acids is 3. The third-order valence-corrected chi connectivity index (χ3v) is 10.5. The van der Waals surface area contributed by atoms with Gasteiger partial charge in [0.1, 0.15) is 11.0 Å². The number of ether oxygens (including phenoxy) is 1.